The molecule has 4 heteroatoms. The van der Waals surface area contributed by atoms with Gasteiger partial charge in [-0.1, -0.05) is 25.4 Å². The van der Waals surface area contributed by atoms with Crippen molar-refractivity contribution in [2.24, 2.45) is 11.7 Å². The summed E-state index contributed by atoms with van der Waals surface area (Å²) in [4.78, 5) is 13.5. The Hall–Kier alpha value is -0.800. The number of halogens is 1. The quantitative estimate of drug-likeness (QED) is 0.763. The average Bonchev–Trinajstić information content (AvgIpc) is 2.08. The van der Waals surface area contributed by atoms with E-state index in [9.17, 15) is 4.79 Å². The molecule has 1 aromatic heterocycles. The smallest absolute Gasteiger partial charge is 0.266 e. The van der Waals surface area contributed by atoms with E-state index < -0.39 is 0 Å². The highest BCUT2D eigenvalue weighted by Crippen LogP contribution is 2.18. The summed E-state index contributed by atoms with van der Waals surface area (Å²) in [6, 6.07) is 1.53. The van der Waals surface area contributed by atoms with Gasteiger partial charge >= 0.3 is 0 Å². The SMILES string of the molecule is CC(C)[C@H](N)c1c[nH]c(=O)c(Cl)c1. The molecule has 1 heterocycles. The lowest BCUT2D eigenvalue weighted by molar-refractivity contribution is 0.513. The van der Waals surface area contributed by atoms with E-state index >= 15 is 0 Å². The molecule has 0 aliphatic carbocycles. The van der Waals surface area contributed by atoms with Crippen LogP contribution in [0.4, 0.5) is 0 Å². The van der Waals surface area contributed by atoms with Crippen molar-refractivity contribution in [3.63, 3.8) is 0 Å². The maximum Gasteiger partial charge on any atom is 0.266 e. The van der Waals surface area contributed by atoms with Gasteiger partial charge in [0.2, 0.25) is 0 Å². The number of hydrogen-bond acceptors (Lipinski definition) is 2. The number of nitrogens with two attached hydrogens (primary N) is 1. The predicted molar refractivity (Wildman–Crippen MR) is 53.8 cm³/mol. The molecule has 1 atom stereocenters. The Labute approximate surface area is 81.9 Å². The van der Waals surface area contributed by atoms with Crippen LogP contribution in [-0.4, -0.2) is 4.98 Å². The Kier molecular flexibility index (Phi) is 3.12. The Bertz CT molecular complexity index is 346. The Morgan fingerprint density at radius 1 is 1.54 bits per heavy atom. The summed E-state index contributed by atoms with van der Waals surface area (Å²) in [6.07, 6.45) is 1.61. The molecular formula is C9H13ClN2O. The van der Waals surface area contributed by atoms with E-state index in [-0.39, 0.29) is 16.6 Å². The molecule has 3 N–H and O–H groups in total. The van der Waals surface area contributed by atoms with Gasteiger partial charge in [0.25, 0.3) is 5.56 Å². The zero-order valence-corrected chi connectivity index (χ0v) is 8.43. The third-order valence-corrected chi connectivity index (χ3v) is 2.26. The summed E-state index contributed by atoms with van der Waals surface area (Å²) in [7, 11) is 0. The zero-order valence-electron chi connectivity index (χ0n) is 7.67. The molecule has 0 aliphatic rings. The molecule has 1 rings (SSSR count). The minimum absolute atomic E-state index is 0.0886. The van der Waals surface area contributed by atoms with Gasteiger partial charge in [0.15, 0.2) is 0 Å². The molecule has 0 aromatic carbocycles. The van der Waals surface area contributed by atoms with Crippen LogP contribution in [0.15, 0.2) is 17.1 Å². The van der Waals surface area contributed by atoms with Gasteiger partial charge in [0.1, 0.15) is 5.02 Å². The Morgan fingerprint density at radius 2 is 2.15 bits per heavy atom. The van der Waals surface area contributed by atoms with Gasteiger partial charge in [-0.25, -0.2) is 0 Å². The second-order valence-electron chi connectivity index (χ2n) is 3.38. The third-order valence-electron chi connectivity index (χ3n) is 1.98. The van der Waals surface area contributed by atoms with Crippen molar-refractivity contribution in [2.45, 2.75) is 19.9 Å². The van der Waals surface area contributed by atoms with Gasteiger partial charge in [-0.05, 0) is 17.5 Å². The van der Waals surface area contributed by atoms with Crippen molar-refractivity contribution in [1.82, 2.24) is 4.98 Å². The molecule has 0 bridgehead atoms. The standard InChI is InChI=1S/C9H13ClN2O/c1-5(2)8(11)6-3-7(10)9(13)12-4-6/h3-5,8H,11H2,1-2H3,(H,12,13)/t8-/m0/s1. The van der Waals surface area contributed by atoms with E-state index in [0.717, 1.165) is 5.56 Å². The van der Waals surface area contributed by atoms with E-state index in [1.54, 1.807) is 12.3 Å². The fourth-order valence-corrected chi connectivity index (χ4v) is 1.23. The number of nitrogens with one attached hydrogen (secondary N) is 1. The van der Waals surface area contributed by atoms with Crippen LogP contribution in [0.5, 0.6) is 0 Å². The second-order valence-corrected chi connectivity index (χ2v) is 3.79. The minimum atomic E-state index is -0.277. The number of aromatic amines is 1. The molecule has 0 radical (unpaired) electrons. The molecule has 0 fully saturated rings. The third kappa shape index (κ3) is 2.32. The van der Waals surface area contributed by atoms with Crippen molar-refractivity contribution in [3.8, 4) is 0 Å². The van der Waals surface area contributed by atoms with Gasteiger partial charge in [0, 0.05) is 12.2 Å². The van der Waals surface area contributed by atoms with Crippen molar-refractivity contribution >= 4 is 11.6 Å². The predicted octanol–water partition coefficient (Wildman–Crippen LogP) is 1.68. The van der Waals surface area contributed by atoms with Gasteiger partial charge in [-0.2, -0.15) is 0 Å². The van der Waals surface area contributed by atoms with Crippen molar-refractivity contribution < 1.29 is 0 Å². The van der Waals surface area contributed by atoms with E-state index in [1.165, 1.54) is 0 Å². The highest BCUT2D eigenvalue weighted by atomic mass is 35.5. The van der Waals surface area contributed by atoms with Gasteiger partial charge in [0.05, 0.1) is 0 Å². The lowest BCUT2D eigenvalue weighted by atomic mass is 9.99. The summed E-state index contributed by atoms with van der Waals surface area (Å²) in [5.74, 6) is 0.321. The van der Waals surface area contributed by atoms with E-state index in [1.807, 2.05) is 13.8 Å². The van der Waals surface area contributed by atoms with Crippen LogP contribution in [0.2, 0.25) is 5.02 Å². The molecule has 0 spiro atoms. The van der Waals surface area contributed by atoms with Crippen LogP contribution in [-0.2, 0) is 0 Å². The van der Waals surface area contributed by atoms with Crippen LogP contribution in [0.25, 0.3) is 0 Å². The van der Waals surface area contributed by atoms with Crippen molar-refractivity contribution in [1.29, 1.82) is 0 Å². The molecule has 0 aliphatic heterocycles. The maximum absolute atomic E-state index is 10.9. The normalized spacial score (nSPS) is 13.3. The van der Waals surface area contributed by atoms with Crippen molar-refractivity contribution in [2.75, 3.05) is 0 Å². The van der Waals surface area contributed by atoms with E-state index in [0.29, 0.717) is 5.92 Å². The Morgan fingerprint density at radius 3 is 2.62 bits per heavy atom. The number of rotatable bonds is 2. The maximum atomic E-state index is 10.9. The highest BCUT2D eigenvalue weighted by Gasteiger charge is 2.11. The van der Waals surface area contributed by atoms with Gasteiger partial charge < -0.3 is 10.7 Å². The van der Waals surface area contributed by atoms with Crippen LogP contribution >= 0.6 is 11.6 Å². The first kappa shape index (κ1) is 10.3. The summed E-state index contributed by atoms with van der Waals surface area (Å²) in [5.41, 5.74) is 6.46. The molecule has 1 aromatic rings. The number of pyridine rings is 1. The van der Waals surface area contributed by atoms with E-state index in [4.69, 9.17) is 17.3 Å². The zero-order chi connectivity index (χ0) is 10.0. The first-order valence-corrected chi connectivity index (χ1v) is 4.54. The molecular weight excluding hydrogens is 188 g/mol. The number of hydrogen-bond donors (Lipinski definition) is 2. The second kappa shape index (κ2) is 3.94. The molecule has 3 nitrogen and oxygen atoms in total. The minimum Gasteiger partial charge on any atom is -0.327 e. The van der Waals surface area contributed by atoms with Crippen LogP contribution < -0.4 is 11.3 Å². The summed E-state index contributed by atoms with van der Waals surface area (Å²) >= 11 is 5.66. The van der Waals surface area contributed by atoms with E-state index in [2.05, 4.69) is 4.98 Å². The summed E-state index contributed by atoms with van der Waals surface area (Å²) in [6.45, 7) is 4.04. The number of aromatic nitrogens is 1. The first-order chi connectivity index (χ1) is 6.02. The highest BCUT2D eigenvalue weighted by molar-refractivity contribution is 6.30. The molecule has 0 unspecified atom stereocenters. The fraction of sp³-hybridized carbons (Fsp3) is 0.444. The van der Waals surface area contributed by atoms with Gasteiger partial charge in [-0.15, -0.1) is 0 Å². The monoisotopic (exact) mass is 200 g/mol. The largest absolute Gasteiger partial charge is 0.327 e. The average molecular weight is 201 g/mol. The van der Waals surface area contributed by atoms with Crippen molar-refractivity contribution in [3.05, 3.63) is 33.2 Å². The fourth-order valence-electron chi connectivity index (χ4n) is 1.05. The van der Waals surface area contributed by atoms with Gasteiger partial charge in [-0.3, -0.25) is 4.79 Å². The molecule has 72 valence electrons. The summed E-state index contributed by atoms with van der Waals surface area (Å²) < 4.78 is 0. The molecule has 0 saturated heterocycles. The Balaban J connectivity index is 3.04. The van der Waals surface area contributed by atoms with Crippen LogP contribution in [0, 0.1) is 5.92 Å². The van der Waals surface area contributed by atoms with Crippen LogP contribution in [0.1, 0.15) is 25.5 Å². The summed E-state index contributed by atoms with van der Waals surface area (Å²) in [5, 5.41) is 0.189. The lowest BCUT2D eigenvalue weighted by Crippen LogP contribution is -2.18. The molecule has 0 amide bonds. The first-order valence-electron chi connectivity index (χ1n) is 4.16. The van der Waals surface area contributed by atoms with Crippen LogP contribution in [0.3, 0.4) is 0 Å². The molecule has 13 heavy (non-hydrogen) atoms. The lowest BCUT2D eigenvalue weighted by Gasteiger charge is -2.15. The molecule has 0 saturated carbocycles. The topological polar surface area (TPSA) is 58.9 Å². The number of H-pyrrole nitrogens is 1.